The SMILES string of the molecule is C[C@H](O)CN1CCCc2c(Cl)nc(Cl)nc21. The largest absolute Gasteiger partial charge is 0.392 e. The monoisotopic (exact) mass is 261 g/mol. The summed E-state index contributed by atoms with van der Waals surface area (Å²) in [7, 11) is 0. The van der Waals surface area contributed by atoms with E-state index in [4.69, 9.17) is 23.2 Å². The van der Waals surface area contributed by atoms with Crippen molar-refractivity contribution < 1.29 is 5.11 Å². The molecule has 0 bridgehead atoms. The van der Waals surface area contributed by atoms with E-state index in [-0.39, 0.29) is 5.28 Å². The van der Waals surface area contributed by atoms with Gasteiger partial charge in [-0.05, 0) is 31.4 Å². The number of anilines is 1. The van der Waals surface area contributed by atoms with Crippen molar-refractivity contribution in [2.75, 3.05) is 18.0 Å². The molecule has 2 heterocycles. The fraction of sp³-hybridized carbons (Fsp3) is 0.600. The molecular weight excluding hydrogens is 249 g/mol. The summed E-state index contributed by atoms with van der Waals surface area (Å²) in [6, 6.07) is 0. The molecule has 88 valence electrons. The number of aliphatic hydroxyl groups is 1. The van der Waals surface area contributed by atoms with Crippen LogP contribution >= 0.6 is 23.2 Å². The van der Waals surface area contributed by atoms with Crippen molar-refractivity contribution in [3.63, 3.8) is 0 Å². The number of β-amino-alcohol motifs (C(OH)–C–C–N with tert-alkyl or cyclic N) is 1. The molecule has 0 saturated heterocycles. The lowest BCUT2D eigenvalue weighted by molar-refractivity contribution is 0.199. The van der Waals surface area contributed by atoms with Crippen LogP contribution in [0.3, 0.4) is 0 Å². The summed E-state index contributed by atoms with van der Waals surface area (Å²) in [5, 5.41) is 9.99. The van der Waals surface area contributed by atoms with Crippen molar-refractivity contribution in [3.8, 4) is 0 Å². The van der Waals surface area contributed by atoms with Crippen molar-refractivity contribution in [1.82, 2.24) is 9.97 Å². The van der Waals surface area contributed by atoms with Crippen molar-refractivity contribution in [1.29, 1.82) is 0 Å². The van der Waals surface area contributed by atoms with Gasteiger partial charge in [0.05, 0.1) is 6.10 Å². The number of aromatic nitrogens is 2. The van der Waals surface area contributed by atoms with Gasteiger partial charge in [0.1, 0.15) is 11.0 Å². The molecule has 1 atom stereocenters. The summed E-state index contributed by atoms with van der Waals surface area (Å²) in [5.74, 6) is 0.761. The number of hydrogen-bond acceptors (Lipinski definition) is 4. The molecule has 16 heavy (non-hydrogen) atoms. The number of rotatable bonds is 2. The Morgan fingerprint density at radius 3 is 2.88 bits per heavy atom. The maximum atomic E-state index is 9.42. The highest BCUT2D eigenvalue weighted by atomic mass is 35.5. The molecule has 0 amide bonds. The van der Waals surface area contributed by atoms with Crippen LogP contribution < -0.4 is 4.90 Å². The molecule has 2 rings (SSSR count). The highest BCUT2D eigenvalue weighted by Crippen LogP contribution is 2.30. The lowest BCUT2D eigenvalue weighted by Gasteiger charge is -2.31. The molecule has 1 aliphatic heterocycles. The Morgan fingerprint density at radius 2 is 2.19 bits per heavy atom. The minimum atomic E-state index is -0.404. The maximum absolute atomic E-state index is 9.42. The Bertz CT molecular complexity index is 398. The molecule has 4 nitrogen and oxygen atoms in total. The molecule has 0 aliphatic carbocycles. The number of fused-ring (bicyclic) bond motifs is 1. The molecular formula is C10H13Cl2N3O. The van der Waals surface area contributed by atoms with Crippen LogP contribution in [0.1, 0.15) is 18.9 Å². The standard InChI is InChI=1S/C10H13Cl2N3O/c1-6(16)5-15-4-2-3-7-8(11)13-10(12)14-9(7)15/h6,16H,2-5H2,1H3/t6-/m0/s1. The fourth-order valence-electron chi connectivity index (χ4n) is 1.95. The molecule has 1 aromatic heterocycles. The van der Waals surface area contributed by atoms with Crippen LogP contribution in [0.15, 0.2) is 0 Å². The molecule has 1 aromatic rings. The van der Waals surface area contributed by atoms with Gasteiger partial charge in [0, 0.05) is 18.7 Å². The van der Waals surface area contributed by atoms with Gasteiger partial charge in [0.2, 0.25) is 5.28 Å². The van der Waals surface area contributed by atoms with Crippen molar-refractivity contribution in [2.45, 2.75) is 25.9 Å². The highest BCUT2D eigenvalue weighted by molar-refractivity contribution is 6.32. The Labute approximate surface area is 104 Å². The number of nitrogens with zero attached hydrogens (tertiary/aromatic N) is 3. The summed E-state index contributed by atoms with van der Waals surface area (Å²) >= 11 is 11.8. The van der Waals surface area contributed by atoms with Crippen LogP contribution in [0.2, 0.25) is 10.4 Å². The van der Waals surface area contributed by atoms with Crippen LogP contribution in [0.25, 0.3) is 0 Å². The topological polar surface area (TPSA) is 49.2 Å². The number of hydrogen-bond donors (Lipinski definition) is 1. The van der Waals surface area contributed by atoms with Crippen molar-refractivity contribution in [3.05, 3.63) is 16.0 Å². The molecule has 1 aliphatic rings. The maximum Gasteiger partial charge on any atom is 0.225 e. The van der Waals surface area contributed by atoms with Gasteiger partial charge in [-0.2, -0.15) is 0 Å². The minimum Gasteiger partial charge on any atom is -0.392 e. The lowest BCUT2D eigenvalue weighted by atomic mass is 10.1. The van der Waals surface area contributed by atoms with E-state index in [2.05, 4.69) is 9.97 Å². The first kappa shape index (κ1) is 11.9. The van der Waals surface area contributed by atoms with Gasteiger partial charge >= 0.3 is 0 Å². The van der Waals surface area contributed by atoms with Gasteiger partial charge in [0.15, 0.2) is 0 Å². The second-order valence-electron chi connectivity index (χ2n) is 3.98. The summed E-state index contributed by atoms with van der Waals surface area (Å²) in [5.41, 5.74) is 0.929. The van der Waals surface area contributed by atoms with E-state index in [1.165, 1.54) is 0 Å². The molecule has 1 N–H and O–H groups in total. The van der Waals surface area contributed by atoms with Crippen molar-refractivity contribution in [2.24, 2.45) is 0 Å². The predicted molar refractivity (Wildman–Crippen MR) is 64.3 cm³/mol. The molecule has 0 aromatic carbocycles. The fourth-order valence-corrected chi connectivity index (χ4v) is 2.41. The summed E-state index contributed by atoms with van der Waals surface area (Å²) in [6.07, 6.45) is 1.45. The zero-order chi connectivity index (χ0) is 11.7. The first-order valence-corrected chi connectivity index (χ1v) is 5.98. The average molecular weight is 262 g/mol. The zero-order valence-electron chi connectivity index (χ0n) is 8.95. The summed E-state index contributed by atoms with van der Waals surface area (Å²) < 4.78 is 0. The third-order valence-electron chi connectivity index (χ3n) is 2.55. The first-order valence-electron chi connectivity index (χ1n) is 5.23. The van der Waals surface area contributed by atoms with E-state index in [9.17, 15) is 5.11 Å². The first-order chi connectivity index (χ1) is 7.58. The van der Waals surface area contributed by atoms with Crippen LogP contribution in [-0.2, 0) is 6.42 Å². The van der Waals surface area contributed by atoms with Gasteiger partial charge in [-0.15, -0.1) is 0 Å². The van der Waals surface area contributed by atoms with Gasteiger partial charge in [-0.3, -0.25) is 0 Å². The quantitative estimate of drug-likeness (QED) is 0.653. The third kappa shape index (κ3) is 2.39. The van der Waals surface area contributed by atoms with Crippen LogP contribution in [-0.4, -0.2) is 34.3 Å². The lowest BCUT2D eigenvalue weighted by Crippen LogP contribution is -2.36. The second kappa shape index (κ2) is 4.73. The van der Waals surface area contributed by atoms with Gasteiger partial charge in [0.25, 0.3) is 0 Å². The number of halogens is 2. The van der Waals surface area contributed by atoms with Crippen LogP contribution in [0, 0.1) is 0 Å². The molecule has 0 saturated carbocycles. The van der Waals surface area contributed by atoms with Gasteiger partial charge in [-0.1, -0.05) is 11.6 Å². The smallest absolute Gasteiger partial charge is 0.225 e. The van der Waals surface area contributed by atoms with Crippen molar-refractivity contribution >= 4 is 29.0 Å². The normalized spacial score (nSPS) is 17.1. The van der Waals surface area contributed by atoms with E-state index in [0.29, 0.717) is 11.7 Å². The van der Waals surface area contributed by atoms with Gasteiger partial charge in [-0.25, -0.2) is 9.97 Å². The van der Waals surface area contributed by atoms with E-state index in [1.54, 1.807) is 6.92 Å². The predicted octanol–water partition coefficient (Wildman–Crippen LogP) is 1.92. The highest BCUT2D eigenvalue weighted by Gasteiger charge is 2.23. The Hall–Kier alpha value is -0.580. The minimum absolute atomic E-state index is 0.154. The molecule has 0 spiro atoms. The summed E-state index contributed by atoms with van der Waals surface area (Å²) in [4.78, 5) is 10.1. The molecule has 0 fully saturated rings. The van der Waals surface area contributed by atoms with Crippen LogP contribution in [0.5, 0.6) is 0 Å². The van der Waals surface area contributed by atoms with E-state index < -0.39 is 6.10 Å². The average Bonchev–Trinajstić information content (AvgIpc) is 2.18. The Morgan fingerprint density at radius 1 is 1.44 bits per heavy atom. The third-order valence-corrected chi connectivity index (χ3v) is 3.03. The van der Waals surface area contributed by atoms with Crippen LogP contribution in [0.4, 0.5) is 5.82 Å². The van der Waals surface area contributed by atoms with E-state index in [0.717, 1.165) is 30.8 Å². The molecule has 0 unspecified atom stereocenters. The molecule has 0 radical (unpaired) electrons. The van der Waals surface area contributed by atoms with E-state index >= 15 is 0 Å². The molecule has 6 heteroatoms. The Kier molecular flexibility index (Phi) is 3.52. The summed E-state index contributed by atoms with van der Waals surface area (Å²) in [6.45, 7) is 3.15. The number of aliphatic hydroxyl groups excluding tert-OH is 1. The second-order valence-corrected chi connectivity index (χ2v) is 4.68. The van der Waals surface area contributed by atoms with E-state index in [1.807, 2.05) is 4.90 Å². The zero-order valence-corrected chi connectivity index (χ0v) is 10.5. The Balaban J connectivity index is 2.37. The van der Waals surface area contributed by atoms with Gasteiger partial charge < -0.3 is 10.0 Å².